The fourth-order valence-corrected chi connectivity index (χ4v) is 3.27. The van der Waals surface area contributed by atoms with Crippen molar-refractivity contribution in [2.75, 3.05) is 4.72 Å². The third kappa shape index (κ3) is 3.80. The van der Waals surface area contributed by atoms with Crippen LogP contribution in [0.25, 0.3) is 0 Å². The molecule has 2 rings (SSSR count). The lowest BCUT2D eigenvalue weighted by molar-refractivity contribution is 0.587. The molecule has 5 heteroatoms. The van der Waals surface area contributed by atoms with Crippen molar-refractivity contribution >= 4 is 28.3 Å². The average molecular weight is 321 g/mol. The van der Waals surface area contributed by atoms with E-state index in [1.807, 2.05) is 12.1 Å². The molecule has 0 radical (unpaired) electrons. The second-order valence-electron chi connectivity index (χ2n) is 5.90. The van der Waals surface area contributed by atoms with Gasteiger partial charge in [-0.05, 0) is 35.2 Å². The summed E-state index contributed by atoms with van der Waals surface area (Å²) in [6.45, 7) is 6.27. The van der Waals surface area contributed by atoms with E-state index in [-0.39, 0.29) is 10.3 Å². The van der Waals surface area contributed by atoms with Crippen LogP contribution in [-0.4, -0.2) is 8.42 Å². The van der Waals surface area contributed by atoms with E-state index in [0.29, 0.717) is 10.6 Å². The standard InChI is InChI=1S/C16H19NO2S2/c1-16(2,3)12-8-10-13(11-9-12)21(18,19)17-14-6-4-5-7-15(14)20/h4-11,17,20H,1-3H3. The summed E-state index contributed by atoms with van der Waals surface area (Å²) in [4.78, 5) is 0.833. The van der Waals surface area contributed by atoms with E-state index in [1.165, 1.54) is 0 Å². The van der Waals surface area contributed by atoms with E-state index in [9.17, 15) is 8.42 Å². The number of thiol groups is 1. The van der Waals surface area contributed by atoms with Gasteiger partial charge in [-0.15, -0.1) is 12.6 Å². The summed E-state index contributed by atoms with van der Waals surface area (Å²) >= 11 is 4.25. The van der Waals surface area contributed by atoms with Crippen LogP contribution in [0.4, 0.5) is 5.69 Å². The van der Waals surface area contributed by atoms with Gasteiger partial charge >= 0.3 is 0 Å². The van der Waals surface area contributed by atoms with Crippen LogP contribution in [0.3, 0.4) is 0 Å². The van der Waals surface area contributed by atoms with Crippen molar-refractivity contribution in [1.82, 2.24) is 0 Å². The zero-order valence-corrected chi connectivity index (χ0v) is 14.0. The van der Waals surface area contributed by atoms with Crippen LogP contribution in [0.1, 0.15) is 26.3 Å². The van der Waals surface area contributed by atoms with Gasteiger partial charge in [-0.2, -0.15) is 0 Å². The third-order valence-electron chi connectivity index (χ3n) is 3.18. The highest BCUT2D eigenvalue weighted by molar-refractivity contribution is 7.92. The minimum atomic E-state index is -3.60. The maximum Gasteiger partial charge on any atom is 0.261 e. The Hall–Kier alpha value is -1.46. The third-order valence-corrected chi connectivity index (χ3v) is 4.95. The molecule has 0 saturated heterocycles. The molecule has 0 aromatic heterocycles. The van der Waals surface area contributed by atoms with Gasteiger partial charge in [0.05, 0.1) is 10.6 Å². The Balaban J connectivity index is 2.30. The molecule has 2 aromatic rings. The van der Waals surface area contributed by atoms with Crippen molar-refractivity contribution in [3.05, 3.63) is 54.1 Å². The largest absolute Gasteiger partial charge is 0.279 e. The number of nitrogens with one attached hydrogen (secondary N) is 1. The summed E-state index contributed by atoms with van der Waals surface area (Å²) in [5, 5.41) is 0. The van der Waals surface area contributed by atoms with Crippen LogP contribution < -0.4 is 4.72 Å². The van der Waals surface area contributed by atoms with Crippen LogP contribution >= 0.6 is 12.6 Å². The van der Waals surface area contributed by atoms with E-state index in [0.717, 1.165) is 5.56 Å². The van der Waals surface area contributed by atoms with Crippen molar-refractivity contribution in [2.24, 2.45) is 0 Å². The number of benzene rings is 2. The Morgan fingerprint density at radius 3 is 2.05 bits per heavy atom. The SMILES string of the molecule is CC(C)(C)c1ccc(S(=O)(=O)Nc2ccccc2S)cc1. The smallest absolute Gasteiger partial charge is 0.261 e. The first kappa shape index (κ1) is 15.9. The Morgan fingerprint density at radius 1 is 0.952 bits per heavy atom. The van der Waals surface area contributed by atoms with E-state index < -0.39 is 10.0 Å². The lowest BCUT2D eigenvalue weighted by atomic mass is 9.87. The number of hydrogen-bond acceptors (Lipinski definition) is 3. The molecule has 0 unspecified atom stereocenters. The molecular weight excluding hydrogens is 302 g/mol. The molecule has 1 N–H and O–H groups in total. The maximum atomic E-state index is 12.4. The zero-order valence-electron chi connectivity index (χ0n) is 12.3. The molecular formula is C16H19NO2S2. The monoisotopic (exact) mass is 321 g/mol. The average Bonchev–Trinajstić information content (AvgIpc) is 2.40. The minimum absolute atomic E-state index is 0.00653. The van der Waals surface area contributed by atoms with Gasteiger partial charge in [0, 0.05) is 4.90 Å². The summed E-state index contributed by atoms with van der Waals surface area (Å²) in [7, 11) is -3.60. The highest BCUT2D eigenvalue weighted by Crippen LogP contribution is 2.25. The topological polar surface area (TPSA) is 46.2 Å². The van der Waals surface area contributed by atoms with Gasteiger partial charge in [0.25, 0.3) is 10.0 Å². The van der Waals surface area contributed by atoms with Crippen LogP contribution in [0.5, 0.6) is 0 Å². The summed E-state index contributed by atoms with van der Waals surface area (Å²) < 4.78 is 27.3. The van der Waals surface area contributed by atoms with Crippen LogP contribution in [0.15, 0.2) is 58.3 Å². The zero-order chi connectivity index (χ0) is 15.7. The molecule has 0 heterocycles. The molecule has 0 aliphatic rings. The molecule has 0 bridgehead atoms. The Labute approximate surface area is 131 Å². The number of para-hydroxylation sites is 1. The van der Waals surface area contributed by atoms with Gasteiger partial charge in [0.1, 0.15) is 0 Å². The van der Waals surface area contributed by atoms with Crippen molar-refractivity contribution in [3.63, 3.8) is 0 Å². The quantitative estimate of drug-likeness (QED) is 0.837. The first-order chi connectivity index (χ1) is 9.70. The van der Waals surface area contributed by atoms with E-state index in [4.69, 9.17) is 0 Å². The highest BCUT2D eigenvalue weighted by Gasteiger charge is 2.18. The highest BCUT2D eigenvalue weighted by atomic mass is 32.2. The van der Waals surface area contributed by atoms with Crippen molar-refractivity contribution in [2.45, 2.75) is 36.0 Å². The van der Waals surface area contributed by atoms with Gasteiger partial charge in [-0.3, -0.25) is 4.72 Å². The number of hydrogen-bond donors (Lipinski definition) is 2. The van der Waals surface area contributed by atoms with Crippen molar-refractivity contribution < 1.29 is 8.42 Å². The van der Waals surface area contributed by atoms with Crippen molar-refractivity contribution in [1.29, 1.82) is 0 Å². The predicted molar refractivity (Wildman–Crippen MR) is 89.6 cm³/mol. The second kappa shape index (κ2) is 5.73. The summed E-state index contributed by atoms with van der Waals surface area (Å²) in [6, 6.07) is 13.9. The fraction of sp³-hybridized carbons (Fsp3) is 0.250. The van der Waals surface area contributed by atoms with Crippen LogP contribution in [0.2, 0.25) is 0 Å². The van der Waals surface area contributed by atoms with E-state index >= 15 is 0 Å². The first-order valence-electron chi connectivity index (χ1n) is 6.61. The van der Waals surface area contributed by atoms with Crippen molar-refractivity contribution in [3.8, 4) is 0 Å². The number of sulfonamides is 1. The maximum absolute atomic E-state index is 12.4. The fourth-order valence-electron chi connectivity index (χ4n) is 1.90. The lowest BCUT2D eigenvalue weighted by Crippen LogP contribution is -2.15. The van der Waals surface area contributed by atoms with E-state index in [2.05, 4.69) is 38.1 Å². The van der Waals surface area contributed by atoms with Crippen LogP contribution in [0, 0.1) is 0 Å². The molecule has 0 aliphatic carbocycles. The summed E-state index contributed by atoms with van der Waals surface area (Å²) in [5.41, 5.74) is 1.56. The number of anilines is 1. The molecule has 0 atom stereocenters. The molecule has 0 fully saturated rings. The van der Waals surface area contributed by atoms with E-state index in [1.54, 1.807) is 36.4 Å². The molecule has 0 aliphatic heterocycles. The lowest BCUT2D eigenvalue weighted by Gasteiger charge is -2.19. The normalized spacial score (nSPS) is 12.2. The summed E-state index contributed by atoms with van der Waals surface area (Å²) in [6.07, 6.45) is 0. The van der Waals surface area contributed by atoms with Crippen LogP contribution in [-0.2, 0) is 15.4 Å². The number of rotatable bonds is 3. The van der Waals surface area contributed by atoms with Gasteiger partial charge < -0.3 is 0 Å². The first-order valence-corrected chi connectivity index (χ1v) is 8.54. The van der Waals surface area contributed by atoms with Gasteiger partial charge in [-0.1, -0.05) is 45.0 Å². The van der Waals surface area contributed by atoms with Gasteiger partial charge in [-0.25, -0.2) is 8.42 Å². The molecule has 0 spiro atoms. The van der Waals surface area contributed by atoms with Gasteiger partial charge in [0.2, 0.25) is 0 Å². The Kier molecular flexibility index (Phi) is 4.35. The predicted octanol–water partition coefficient (Wildman–Crippen LogP) is 4.07. The molecule has 21 heavy (non-hydrogen) atoms. The minimum Gasteiger partial charge on any atom is -0.279 e. The summed E-state index contributed by atoms with van der Waals surface area (Å²) in [5.74, 6) is 0. The molecule has 0 saturated carbocycles. The molecule has 2 aromatic carbocycles. The molecule has 3 nitrogen and oxygen atoms in total. The Morgan fingerprint density at radius 2 is 1.52 bits per heavy atom. The van der Waals surface area contributed by atoms with Gasteiger partial charge in [0.15, 0.2) is 0 Å². The molecule has 0 amide bonds. The molecule has 112 valence electrons. The Bertz CT molecular complexity index is 730. The second-order valence-corrected chi connectivity index (χ2v) is 8.06.